The molecule has 1 saturated heterocycles. The van der Waals surface area contributed by atoms with E-state index < -0.39 is 16.9 Å². The van der Waals surface area contributed by atoms with Gasteiger partial charge in [0, 0.05) is 24.7 Å². The summed E-state index contributed by atoms with van der Waals surface area (Å²) in [6, 6.07) is 4.53. The summed E-state index contributed by atoms with van der Waals surface area (Å²) in [6.07, 6.45) is -1.15. The Morgan fingerprint density at radius 2 is 2.10 bits per heavy atom. The van der Waals surface area contributed by atoms with Crippen molar-refractivity contribution in [3.63, 3.8) is 0 Å². The van der Waals surface area contributed by atoms with Crippen molar-refractivity contribution in [1.82, 2.24) is 4.90 Å². The van der Waals surface area contributed by atoms with Crippen molar-refractivity contribution in [2.24, 2.45) is 0 Å². The minimum Gasteiger partial charge on any atom is -0.465 e. The molecule has 1 aromatic carbocycles. The molecule has 0 spiro atoms. The second-order valence-electron chi connectivity index (χ2n) is 4.48. The Bertz CT molecular complexity index is 586. The summed E-state index contributed by atoms with van der Waals surface area (Å²) < 4.78 is 0. The number of carbonyl (C=O) groups excluding carboxylic acids is 1. The molecule has 8 nitrogen and oxygen atoms in total. The van der Waals surface area contributed by atoms with Crippen LogP contribution in [0.15, 0.2) is 18.2 Å². The lowest BCUT2D eigenvalue weighted by Crippen LogP contribution is -2.52. The van der Waals surface area contributed by atoms with Gasteiger partial charge < -0.3 is 10.0 Å². The smallest absolute Gasteiger partial charge is 0.407 e. The molecule has 0 bridgehead atoms. The monoisotopic (exact) mass is 279 g/mol. The normalized spacial score (nSPS) is 15.3. The maximum absolute atomic E-state index is 11.9. The van der Waals surface area contributed by atoms with Gasteiger partial charge in [0.05, 0.1) is 10.6 Å². The standard InChI is InChI=1S/C12H13N3O5/c1-8-2-3-9(6-10(8)15(19)20)14-5-4-13(12(17)18)7-11(14)16/h2-3,6H,4-5,7H2,1H3,(H,17,18). The van der Waals surface area contributed by atoms with Crippen molar-refractivity contribution in [2.45, 2.75) is 6.92 Å². The Hall–Kier alpha value is -2.64. The van der Waals surface area contributed by atoms with E-state index in [9.17, 15) is 19.7 Å². The van der Waals surface area contributed by atoms with Crippen LogP contribution in [0.25, 0.3) is 0 Å². The third-order valence-corrected chi connectivity index (χ3v) is 3.19. The molecule has 0 saturated carbocycles. The van der Waals surface area contributed by atoms with E-state index in [4.69, 9.17) is 5.11 Å². The van der Waals surface area contributed by atoms with E-state index in [1.165, 1.54) is 11.0 Å². The number of benzene rings is 1. The van der Waals surface area contributed by atoms with Gasteiger partial charge in [0.25, 0.3) is 5.69 Å². The van der Waals surface area contributed by atoms with Crippen molar-refractivity contribution in [1.29, 1.82) is 0 Å². The first-order chi connectivity index (χ1) is 9.40. The Morgan fingerprint density at radius 3 is 2.65 bits per heavy atom. The Kier molecular flexibility index (Phi) is 3.55. The molecule has 8 heteroatoms. The Balaban J connectivity index is 2.25. The van der Waals surface area contributed by atoms with E-state index in [1.807, 2.05) is 0 Å². The number of rotatable bonds is 2. The number of hydrogen-bond donors (Lipinski definition) is 1. The maximum Gasteiger partial charge on any atom is 0.407 e. The number of nitro groups is 1. The van der Waals surface area contributed by atoms with Crippen LogP contribution in [0, 0.1) is 17.0 Å². The zero-order valence-corrected chi connectivity index (χ0v) is 10.8. The van der Waals surface area contributed by atoms with Crippen LogP contribution in [-0.4, -0.2) is 46.6 Å². The highest BCUT2D eigenvalue weighted by Crippen LogP contribution is 2.26. The van der Waals surface area contributed by atoms with Crippen molar-refractivity contribution < 1.29 is 19.6 Å². The number of nitrogens with zero attached hydrogens (tertiary/aromatic N) is 3. The fraction of sp³-hybridized carbons (Fsp3) is 0.333. The van der Waals surface area contributed by atoms with E-state index in [-0.39, 0.29) is 25.3 Å². The van der Waals surface area contributed by atoms with Crippen LogP contribution >= 0.6 is 0 Å². The molecule has 1 N–H and O–H groups in total. The second kappa shape index (κ2) is 5.16. The summed E-state index contributed by atoms with van der Waals surface area (Å²) in [5.74, 6) is -0.392. The van der Waals surface area contributed by atoms with Gasteiger partial charge in [-0.15, -0.1) is 0 Å². The van der Waals surface area contributed by atoms with Crippen molar-refractivity contribution in [3.8, 4) is 0 Å². The van der Waals surface area contributed by atoms with Crippen molar-refractivity contribution >= 4 is 23.4 Å². The first-order valence-corrected chi connectivity index (χ1v) is 5.93. The molecule has 1 fully saturated rings. The van der Waals surface area contributed by atoms with Crippen LogP contribution in [0.1, 0.15) is 5.56 Å². The van der Waals surface area contributed by atoms with Crippen LogP contribution in [-0.2, 0) is 4.79 Å². The summed E-state index contributed by atoms with van der Waals surface area (Å²) in [4.78, 5) is 35.5. The molecule has 106 valence electrons. The van der Waals surface area contributed by atoms with Crippen LogP contribution in [0.2, 0.25) is 0 Å². The van der Waals surface area contributed by atoms with Crippen LogP contribution in [0.4, 0.5) is 16.2 Å². The van der Waals surface area contributed by atoms with Gasteiger partial charge in [0.2, 0.25) is 5.91 Å². The molecule has 1 aliphatic rings. The van der Waals surface area contributed by atoms with Gasteiger partial charge >= 0.3 is 6.09 Å². The predicted molar refractivity (Wildman–Crippen MR) is 69.8 cm³/mol. The molecule has 0 aromatic heterocycles. The van der Waals surface area contributed by atoms with Gasteiger partial charge in [-0.3, -0.25) is 19.8 Å². The van der Waals surface area contributed by atoms with Crippen LogP contribution in [0.3, 0.4) is 0 Å². The quantitative estimate of drug-likeness (QED) is 0.647. The van der Waals surface area contributed by atoms with Crippen molar-refractivity contribution in [2.75, 3.05) is 24.5 Å². The molecule has 2 rings (SSSR count). The number of nitro benzene ring substituents is 1. The fourth-order valence-electron chi connectivity index (χ4n) is 2.07. The average Bonchev–Trinajstić information content (AvgIpc) is 2.39. The number of amides is 2. The van der Waals surface area contributed by atoms with Crippen LogP contribution in [0.5, 0.6) is 0 Å². The average molecular weight is 279 g/mol. The first-order valence-electron chi connectivity index (χ1n) is 5.93. The lowest BCUT2D eigenvalue weighted by Gasteiger charge is -2.32. The molecule has 0 unspecified atom stereocenters. The number of piperazine rings is 1. The lowest BCUT2D eigenvalue weighted by atomic mass is 10.1. The maximum atomic E-state index is 11.9. The number of carbonyl (C=O) groups is 2. The first kappa shape index (κ1) is 13.8. The second-order valence-corrected chi connectivity index (χ2v) is 4.48. The summed E-state index contributed by atoms with van der Waals surface area (Å²) in [5.41, 5.74) is 0.865. The van der Waals surface area contributed by atoms with Gasteiger partial charge in [-0.1, -0.05) is 6.07 Å². The number of anilines is 1. The van der Waals surface area contributed by atoms with E-state index in [0.29, 0.717) is 11.3 Å². The highest BCUT2D eigenvalue weighted by Gasteiger charge is 2.28. The number of aryl methyl sites for hydroxylation is 1. The molecule has 0 aliphatic carbocycles. The van der Waals surface area contributed by atoms with Gasteiger partial charge in [0.1, 0.15) is 6.54 Å². The summed E-state index contributed by atoms with van der Waals surface area (Å²) in [7, 11) is 0. The summed E-state index contributed by atoms with van der Waals surface area (Å²) >= 11 is 0. The highest BCUT2D eigenvalue weighted by atomic mass is 16.6. The van der Waals surface area contributed by atoms with E-state index in [0.717, 1.165) is 4.90 Å². The van der Waals surface area contributed by atoms with Gasteiger partial charge in [-0.2, -0.15) is 0 Å². The molecule has 0 radical (unpaired) electrons. The molecule has 20 heavy (non-hydrogen) atoms. The van der Waals surface area contributed by atoms with Crippen molar-refractivity contribution in [3.05, 3.63) is 33.9 Å². The number of hydrogen-bond acceptors (Lipinski definition) is 4. The van der Waals surface area contributed by atoms with Gasteiger partial charge in [0.15, 0.2) is 0 Å². The molecule has 1 aliphatic heterocycles. The zero-order valence-electron chi connectivity index (χ0n) is 10.8. The molecular weight excluding hydrogens is 266 g/mol. The Labute approximate surface area is 114 Å². The molecule has 1 heterocycles. The van der Waals surface area contributed by atoms with Gasteiger partial charge in [-0.25, -0.2) is 4.79 Å². The summed E-state index contributed by atoms with van der Waals surface area (Å²) in [6.45, 7) is 1.75. The zero-order chi connectivity index (χ0) is 14.9. The molecule has 2 amide bonds. The minimum atomic E-state index is -1.15. The lowest BCUT2D eigenvalue weighted by molar-refractivity contribution is -0.385. The predicted octanol–water partition coefficient (Wildman–Crippen LogP) is 1.23. The minimum absolute atomic E-state index is 0.0593. The molecule has 1 aromatic rings. The third kappa shape index (κ3) is 2.53. The fourth-order valence-corrected chi connectivity index (χ4v) is 2.07. The number of carboxylic acid groups (broad SMARTS) is 1. The largest absolute Gasteiger partial charge is 0.465 e. The highest BCUT2D eigenvalue weighted by molar-refractivity contribution is 5.97. The van der Waals surface area contributed by atoms with Crippen LogP contribution < -0.4 is 4.90 Å². The SMILES string of the molecule is Cc1ccc(N2CCN(C(=O)O)CC2=O)cc1[N+](=O)[O-]. The van der Waals surface area contributed by atoms with E-state index in [2.05, 4.69) is 0 Å². The topological polar surface area (TPSA) is 104 Å². The van der Waals surface area contributed by atoms with E-state index >= 15 is 0 Å². The molecule has 0 atom stereocenters. The third-order valence-electron chi connectivity index (χ3n) is 3.19. The van der Waals surface area contributed by atoms with Gasteiger partial charge in [-0.05, 0) is 13.0 Å². The van der Waals surface area contributed by atoms with E-state index in [1.54, 1.807) is 19.1 Å². The Morgan fingerprint density at radius 1 is 1.40 bits per heavy atom. The summed E-state index contributed by atoms with van der Waals surface area (Å²) in [5, 5.41) is 19.7. The molecular formula is C12H13N3O5.